The van der Waals surface area contributed by atoms with Gasteiger partial charge < -0.3 is 9.47 Å². The maximum Gasteiger partial charge on any atom is 0.273 e. The third-order valence-electron chi connectivity index (χ3n) is 4.19. The van der Waals surface area contributed by atoms with Crippen molar-refractivity contribution in [2.24, 2.45) is 0 Å². The highest BCUT2D eigenvalue weighted by Crippen LogP contribution is 2.32. The number of aryl methyl sites for hydroxylation is 2. The first-order valence-electron chi connectivity index (χ1n) is 8.48. The van der Waals surface area contributed by atoms with E-state index in [9.17, 15) is 8.42 Å². The molecule has 0 aliphatic rings. The van der Waals surface area contributed by atoms with E-state index in [1.54, 1.807) is 12.1 Å². The highest BCUT2D eigenvalue weighted by Gasteiger charge is 2.25. The smallest absolute Gasteiger partial charge is 0.273 e. The average molecular weight is 374 g/mol. The van der Waals surface area contributed by atoms with Crippen LogP contribution in [-0.4, -0.2) is 30.6 Å². The topological polar surface area (TPSA) is 70.4 Å². The second-order valence-electron chi connectivity index (χ2n) is 5.95. The van der Waals surface area contributed by atoms with Gasteiger partial charge in [-0.05, 0) is 63.1 Å². The van der Waals surface area contributed by atoms with Crippen LogP contribution in [-0.2, 0) is 10.0 Å². The Labute approximate surface area is 153 Å². The number of benzene rings is 2. The van der Waals surface area contributed by atoms with Crippen molar-refractivity contribution in [2.75, 3.05) is 13.2 Å². The Morgan fingerprint density at radius 1 is 1.00 bits per heavy atom. The number of hydrogen-bond acceptors (Lipinski definition) is 5. The van der Waals surface area contributed by atoms with E-state index in [-0.39, 0.29) is 4.90 Å². The van der Waals surface area contributed by atoms with Crippen molar-refractivity contribution < 1.29 is 17.9 Å². The summed E-state index contributed by atoms with van der Waals surface area (Å²) in [5.74, 6) is 0.771. The maximum absolute atomic E-state index is 13.3. The van der Waals surface area contributed by atoms with Gasteiger partial charge in [0.15, 0.2) is 0 Å². The Morgan fingerprint density at radius 2 is 1.69 bits per heavy atom. The highest BCUT2D eigenvalue weighted by molar-refractivity contribution is 7.90. The normalized spacial score (nSPS) is 11.7. The molecule has 0 radical (unpaired) electrons. The monoisotopic (exact) mass is 374 g/mol. The second kappa shape index (κ2) is 6.99. The van der Waals surface area contributed by atoms with Crippen molar-refractivity contribution in [2.45, 2.75) is 32.6 Å². The van der Waals surface area contributed by atoms with Crippen molar-refractivity contribution >= 4 is 21.1 Å². The summed E-state index contributed by atoms with van der Waals surface area (Å²) in [5, 5.41) is 0. The molecular weight excluding hydrogens is 352 g/mol. The van der Waals surface area contributed by atoms with Crippen molar-refractivity contribution in [3.8, 4) is 11.5 Å². The Kier molecular flexibility index (Phi) is 4.91. The zero-order chi connectivity index (χ0) is 18.9. The van der Waals surface area contributed by atoms with E-state index in [1.807, 2.05) is 39.8 Å². The molecule has 0 saturated carbocycles. The molecule has 2 aromatic carbocycles. The predicted molar refractivity (Wildman–Crippen MR) is 101 cm³/mol. The third-order valence-corrected chi connectivity index (χ3v) is 5.88. The first-order valence-corrected chi connectivity index (χ1v) is 9.92. The van der Waals surface area contributed by atoms with Gasteiger partial charge in [0.2, 0.25) is 0 Å². The standard InChI is InChI=1S/C19H22N2O4S/c1-5-24-15-7-8-18(25-6-2)19(11-15)26(22,23)21-12-20-16-9-13(3)14(4)10-17(16)21/h7-12H,5-6H2,1-4H3. The molecule has 0 unspecified atom stereocenters. The number of nitrogens with zero attached hydrogens (tertiary/aromatic N) is 2. The summed E-state index contributed by atoms with van der Waals surface area (Å²) < 4.78 is 38.9. The van der Waals surface area contributed by atoms with Gasteiger partial charge >= 0.3 is 0 Å². The van der Waals surface area contributed by atoms with E-state index in [0.717, 1.165) is 11.1 Å². The molecule has 0 fully saturated rings. The van der Waals surface area contributed by atoms with E-state index in [0.29, 0.717) is 35.7 Å². The summed E-state index contributed by atoms with van der Waals surface area (Å²) in [4.78, 5) is 4.32. The average Bonchev–Trinajstić information content (AvgIpc) is 3.00. The fraction of sp³-hybridized carbons (Fsp3) is 0.316. The molecule has 0 amide bonds. The lowest BCUT2D eigenvalue weighted by molar-refractivity contribution is 0.322. The molecule has 1 aromatic heterocycles. The lowest BCUT2D eigenvalue weighted by Crippen LogP contribution is -2.14. The van der Waals surface area contributed by atoms with Gasteiger partial charge in [-0.15, -0.1) is 0 Å². The summed E-state index contributed by atoms with van der Waals surface area (Å²) in [6.45, 7) is 8.38. The van der Waals surface area contributed by atoms with Crippen LogP contribution in [0.1, 0.15) is 25.0 Å². The second-order valence-corrected chi connectivity index (χ2v) is 7.73. The number of fused-ring (bicyclic) bond motifs is 1. The summed E-state index contributed by atoms with van der Waals surface area (Å²) in [7, 11) is -3.90. The van der Waals surface area contributed by atoms with Crippen LogP contribution in [0.15, 0.2) is 41.6 Å². The molecule has 0 aliphatic carbocycles. The van der Waals surface area contributed by atoms with E-state index < -0.39 is 10.0 Å². The zero-order valence-corrected chi connectivity index (χ0v) is 16.1. The molecule has 3 rings (SSSR count). The predicted octanol–water partition coefficient (Wildman–Crippen LogP) is 3.69. The number of hydrogen-bond donors (Lipinski definition) is 0. The van der Waals surface area contributed by atoms with Gasteiger partial charge in [0.25, 0.3) is 10.0 Å². The molecule has 0 saturated heterocycles. The summed E-state index contributed by atoms with van der Waals surface area (Å²) in [5.41, 5.74) is 3.24. The molecule has 0 aliphatic heterocycles. The van der Waals surface area contributed by atoms with Crippen LogP contribution in [0.2, 0.25) is 0 Å². The minimum absolute atomic E-state index is 0.0582. The van der Waals surface area contributed by atoms with Crippen LogP contribution < -0.4 is 9.47 Å². The first-order chi connectivity index (χ1) is 12.4. The highest BCUT2D eigenvalue weighted by atomic mass is 32.2. The molecule has 138 valence electrons. The molecular formula is C19H22N2O4S. The first kappa shape index (κ1) is 18.3. The maximum atomic E-state index is 13.3. The van der Waals surface area contributed by atoms with Crippen molar-refractivity contribution in [3.63, 3.8) is 0 Å². The quantitative estimate of drug-likeness (QED) is 0.658. The van der Waals surface area contributed by atoms with Crippen molar-refractivity contribution in [1.29, 1.82) is 0 Å². The van der Waals surface area contributed by atoms with E-state index in [4.69, 9.17) is 9.47 Å². The van der Waals surface area contributed by atoms with Crippen LogP contribution >= 0.6 is 0 Å². The molecule has 0 atom stereocenters. The summed E-state index contributed by atoms with van der Waals surface area (Å²) in [6, 6.07) is 8.54. The van der Waals surface area contributed by atoms with Crippen molar-refractivity contribution in [1.82, 2.24) is 8.96 Å². The Morgan fingerprint density at radius 3 is 2.38 bits per heavy atom. The van der Waals surface area contributed by atoms with Crippen LogP contribution in [0.25, 0.3) is 11.0 Å². The zero-order valence-electron chi connectivity index (χ0n) is 15.3. The molecule has 0 N–H and O–H groups in total. The SMILES string of the molecule is CCOc1ccc(OCC)c(S(=O)(=O)n2cnc3cc(C)c(C)cc32)c1. The minimum Gasteiger partial charge on any atom is -0.494 e. The van der Waals surface area contributed by atoms with Crippen molar-refractivity contribution in [3.05, 3.63) is 47.8 Å². The van der Waals surface area contributed by atoms with E-state index in [1.165, 1.54) is 16.4 Å². The van der Waals surface area contributed by atoms with E-state index >= 15 is 0 Å². The molecule has 6 nitrogen and oxygen atoms in total. The Balaban J connectivity index is 2.22. The molecule has 0 spiro atoms. The minimum atomic E-state index is -3.90. The molecule has 1 heterocycles. The number of ether oxygens (including phenoxy) is 2. The number of imidazole rings is 1. The molecule has 3 aromatic rings. The summed E-state index contributed by atoms with van der Waals surface area (Å²) in [6.07, 6.45) is 1.34. The van der Waals surface area contributed by atoms with Crippen LogP contribution in [0, 0.1) is 13.8 Å². The largest absolute Gasteiger partial charge is 0.494 e. The Bertz CT molecular complexity index is 1050. The lowest BCUT2D eigenvalue weighted by atomic mass is 10.1. The lowest BCUT2D eigenvalue weighted by Gasteiger charge is -2.14. The molecule has 26 heavy (non-hydrogen) atoms. The van der Waals surface area contributed by atoms with Crippen LogP contribution in [0.5, 0.6) is 11.5 Å². The van der Waals surface area contributed by atoms with E-state index in [2.05, 4.69) is 4.98 Å². The molecule has 0 bridgehead atoms. The number of aromatic nitrogens is 2. The fourth-order valence-corrected chi connectivity index (χ4v) is 4.20. The van der Waals surface area contributed by atoms with Crippen LogP contribution in [0.4, 0.5) is 0 Å². The molecule has 7 heteroatoms. The third kappa shape index (κ3) is 3.14. The van der Waals surface area contributed by atoms with Gasteiger partial charge in [-0.3, -0.25) is 0 Å². The van der Waals surface area contributed by atoms with Gasteiger partial charge in [-0.2, -0.15) is 0 Å². The number of rotatable bonds is 6. The van der Waals surface area contributed by atoms with Gasteiger partial charge in [-0.25, -0.2) is 17.4 Å². The van der Waals surface area contributed by atoms with Gasteiger partial charge in [0.1, 0.15) is 22.7 Å². The van der Waals surface area contributed by atoms with Gasteiger partial charge in [0, 0.05) is 6.07 Å². The fourth-order valence-electron chi connectivity index (χ4n) is 2.76. The van der Waals surface area contributed by atoms with Crippen LogP contribution in [0.3, 0.4) is 0 Å². The summed E-state index contributed by atoms with van der Waals surface area (Å²) >= 11 is 0. The Hall–Kier alpha value is -2.54. The van der Waals surface area contributed by atoms with Gasteiger partial charge in [0.05, 0.1) is 24.2 Å². The van der Waals surface area contributed by atoms with Gasteiger partial charge in [-0.1, -0.05) is 0 Å².